The molecule has 0 saturated heterocycles. The molecule has 0 saturated carbocycles. The van der Waals surface area contributed by atoms with Gasteiger partial charge in [-0.15, -0.1) is 0 Å². The average molecular weight is 203 g/mol. The second-order valence-corrected chi connectivity index (χ2v) is 3.08. The van der Waals surface area contributed by atoms with Crippen LogP contribution in [0.2, 0.25) is 0 Å². The van der Waals surface area contributed by atoms with Crippen molar-refractivity contribution in [3.8, 4) is 0 Å². The Hall–Kier alpha value is 0.240. The Balaban J connectivity index is 0.000000720. The number of nitrogens with zero attached hydrogens (tertiary/aromatic N) is 1. The summed E-state index contributed by atoms with van der Waals surface area (Å²) in [4.78, 5) is 1.22. The van der Waals surface area contributed by atoms with Crippen molar-refractivity contribution >= 4 is 62.0 Å². The van der Waals surface area contributed by atoms with Crippen LogP contribution in [0, 0.1) is 0 Å². The van der Waals surface area contributed by atoms with Gasteiger partial charge in [-0.25, -0.2) is 4.40 Å². The van der Waals surface area contributed by atoms with Crippen molar-refractivity contribution < 1.29 is 0 Å². The molecule has 0 unspecified atom stereocenters. The average Bonchev–Trinajstić information content (AvgIpc) is 2.28. The molecule has 1 nitrogen and oxygen atoms in total. The molecule has 58 valence electrons. The zero-order valence-corrected chi connectivity index (χ0v) is 6.71. The van der Waals surface area contributed by atoms with Crippen LogP contribution < -0.4 is 0 Å². The first-order valence-corrected chi connectivity index (χ1v) is 4.20. The standard InChI is InChI=1S/C9H7NS.Ca.2H/c1-2-6-9-8(4-1)5-3-7-10-11-9;;;/h1-7H;;;. The summed E-state index contributed by atoms with van der Waals surface area (Å²) in [7, 11) is 0. The van der Waals surface area contributed by atoms with E-state index in [1.54, 1.807) is 0 Å². The van der Waals surface area contributed by atoms with E-state index in [-0.39, 0.29) is 37.7 Å². The fourth-order valence-electron chi connectivity index (χ4n) is 0.970. The van der Waals surface area contributed by atoms with Gasteiger partial charge in [0.1, 0.15) is 0 Å². The summed E-state index contributed by atoms with van der Waals surface area (Å²) in [6, 6.07) is 8.23. The van der Waals surface area contributed by atoms with Crippen molar-refractivity contribution in [1.82, 2.24) is 0 Å². The summed E-state index contributed by atoms with van der Waals surface area (Å²) >= 11 is 1.52. The van der Waals surface area contributed by atoms with Crippen LogP contribution in [0.15, 0.2) is 39.6 Å². The second kappa shape index (κ2) is 5.07. The fraction of sp³-hybridized carbons (Fsp3) is 0. The third-order valence-corrected chi connectivity index (χ3v) is 2.29. The summed E-state index contributed by atoms with van der Waals surface area (Å²) in [5, 5.41) is 0. The number of hydrogen-bond acceptors (Lipinski definition) is 2. The molecular formula is C9H9CaNS. The fourth-order valence-corrected chi connectivity index (χ4v) is 1.60. The second-order valence-electron chi connectivity index (χ2n) is 2.24. The third kappa shape index (κ3) is 2.36. The van der Waals surface area contributed by atoms with Crippen LogP contribution in [0.3, 0.4) is 0 Å². The Morgan fingerprint density at radius 3 is 2.92 bits per heavy atom. The van der Waals surface area contributed by atoms with Gasteiger partial charge in [-0.2, -0.15) is 0 Å². The molecule has 1 heterocycles. The Morgan fingerprint density at radius 2 is 2.00 bits per heavy atom. The van der Waals surface area contributed by atoms with Crippen LogP contribution in [0.1, 0.15) is 5.56 Å². The third-order valence-electron chi connectivity index (χ3n) is 1.49. The van der Waals surface area contributed by atoms with Gasteiger partial charge in [0.25, 0.3) is 0 Å². The van der Waals surface area contributed by atoms with Gasteiger partial charge >= 0.3 is 37.7 Å². The van der Waals surface area contributed by atoms with Gasteiger partial charge in [-0.3, -0.25) is 0 Å². The van der Waals surface area contributed by atoms with E-state index in [9.17, 15) is 0 Å². The molecule has 1 aliphatic rings. The molecule has 0 bridgehead atoms. The minimum absolute atomic E-state index is 0. The predicted molar refractivity (Wildman–Crippen MR) is 58.4 cm³/mol. The number of fused-ring (bicyclic) bond motifs is 1. The van der Waals surface area contributed by atoms with Crippen LogP contribution in [0.4, 0.5) is 0 Å². The Kier molecular flexibility index (Phi) is 4.36. The minimum atomic E-state index is 0. The van der Waals surface area contributed by atoms with Gasteiger partial charge in [0.15, 0.2) is 0 Å². The van der Waals surface area contributed by atoms with Crippen molar-refractivity contribution in [2.45, 2.75) is 4.90 Å². The molecule has 0 atom stereocenters. The first-order chi connectivity index (χ1) is 5.47. The van der Waals surface area contributed by atoms with Crippen LogP contribution in [-0.2, 0) is 0 Å². The van der Waals surface area contributed by atoms with Gasteiger partial charge in [-0.05, 0) is 17.7 Å². The van der Waals surface area contributed by atoms with Gasteiger partial charge < -0.3 is 0 Å². The van der Waals surface area contributed by atoms with E-state index < -0.39 is 0 Å². The van der Waals surface area contributed by atoms with Crippen LogP contribution in [-0.4, -0.2) is 44.0 Å². The van der Waals surface area contributed by atoms with E-state index in [1.165, 1.54) is 22.4 Å². The summed E-state index contributed by atoms with van der Waals surface area (Å²) < 4.78 is 4.12. The summed E-state index contributed by atoms with van der Waals surface area (Å²) in [5.41, 5.74) is 1.25. The topological polar surface area (TPSA) is 12.4 Å². The normalized spacial score (nSPS) is 13.0. The summed E-state index contributed by atoms with van der Waals surface area (Å²) in [5.74, 6) is 0. The number of benzene rings is 1. The van der Waals surface area contributed by atoms with E-state index in [4.69, 9.17) is 0 Å². The van der Waals surface area contributed by atoms with Crippen LogP contribution in [0.25, 0.3) is 6.08 Å². The monoisotopic (exact) mass is 203 g/mol. The van der Waals surface area contributed by atoms with E-state index in [0.717, 1.165) is 0 Å². The molecule has 0 N–H and O–H groups in total. The molecule has 0 aromatic heterocycles. The molecule has 0 fully saturated rings. The van der Waals surface area contributed by atoms with E-state index in [2.05, 4.69) is 22.6 Å². The van der Waals surface area contributed by atoms with Crippen LogP contribution >= 0.6 is 11.9 Å². The molecular weight excluding hydrogens is 194 g/mol. The number of rotatable bonds is 0. The molecule has 12 heavy (non-hydrogen) atoms. The molecule has 1 aliphatic heterocycles. The van der Waals surface area contributed by atoms with E-state index in [1.807, 2.05) is 24.4 Å². The quantitative estimate of drug-likeness (QED) is 0.463. The Bertz CT molecular complexity index is 320. The summed E-state index contributed by atoms with van der Waals surface area (Å²) in [6.07, 6.45) is 5.84. The van der Waals surface area contributed by atoms with Crippen molar-refractivity contribution in [2.75, 3.05) is 0 Å². The Labute approximate surface area is 106 Å². The molecule has 0 radical (unpaired) electrons. The number of allylic oxidation sites excluding steroid dienone is 1. The molecule has 0 amide bonds. The number of hydrogen-bond donors (Lipinski definition) is 0. The zero-order chi connectivity index (χ0) is 7.52. The molecule has 1 aromatic carbocycles. The SMILES string of the molecule is C1=Cc2ccccc2SN=C1.[CaH2]. The van der Waals surface area contributed by atoms with E-state index >= 15 is 0 Å². The first kappa shape index (κ1) is 10.3. The Morgan fingerprint density at radius 1 is 1.17 bits per heavy atom. The maximum absolute atomic E-state index is 4.12. The molecule has 0 spiro atoms. The summed E-state index contributed by atoms with van der Waals surface area (Å²) in [6.45, 7) is 0. The first-order valence-electron chi connectivity index (χ1n) is 3.43. The van der Waals surface area contributed by atoms with Crippen molar-refractivity contribution in [1.29, 1.82) is 0 Å². The molecule has 1 aromatic rings. The van der Waals surface area contributed by atoms with Gasteiger partial charge in [-0.1, -0.05) is 24.3 Å². The molecule has 0 aliphatic carbocycles. The molecule has 2 rings (SSSR count). The predicted octanol–water partition coefficient (Wildman–Crippen LogP) is 1.88. The van der Waals surface area contributed by atoms with Crippen molar-refractivity contribution in [3.05, 3.63) is 35.9 Å². The maximum atomic E-state index is 4.12. The van der Waals surface area contributed by atoms with Gasteiger partial charge in [0, 0.05) is 23.1 Å². The zero-order valence-electron chi connectivity index (χ0n) is 5.90. The van der Waals surface area contributed by atoms with Crippen molar-refractivity contribution in [2.24, 2.45) is 4.40 Å². The van der Waals surface area contributed by atoms with Gasteiger partial charge in [0.05, 0.1) is 0 Å². The van der Waals surface area contributed by atoms with Crippen molar-refractivity contribution in [3.63, 3.8) is 0 Å². The molecule has 3 heteroatoms. The van der Waals surface area contributed by atoms with Gasteiger partial charge in [0.2, 0.25) is 0 Å². The van der Waals surface area contributed by atoms with Crippen LogP contribution in [0.5, 0.6) is 0 Å². The van der Waals surface area contributed by atoms with E-state index in [0.29, 0.717) is 0 Å².